The fourth-order valence-electron chi connectivity index (χ4n) is 2.80. The summed E-state index contributed by atoms with van der Waals surface area (Å²) in [4.78, 5) is 21.1. The van der Waals surface area contributed by atoms with E-state index >= 15 is 0 Å². The summed E-state index contributed by atoms with van der Waals surface area (Å²) in [5, 5.41) is 4.31. The normalized spacial score (nSPS) is 16.8. The van der Waals surface area contributed by atoms with Gasteiger partial charge in [-0.15, -0.1) is 0 Å². The van der Waals surface area contributed by atoms with Crippen LogP contribution in [0.1, 0.15) is 49.7 Å². The number of rotatable bonds is 3. The molecule has 0 unspecified atom stereocenters. The molecule has 2 aromatic heterocycles. The molecule has 0 bridgehead atoms. The van der Waals surface area contributed by atoms with E-state index in [0.29, 0.717) is 17.8 Å². The number of fused-ring (bicyclic) bond motifs is 1. The van der Waals surface area contributed by atoms with Crippen LogP contribution >= 0.6 is 0 Å². The highest BCUT2D eigenvalue weighted by atomic mass is 16.1. The van der Waals surface area contributed by atoms with E-state index in [-0.39, 0.29) is 11.2 Å². The molecule has 21 heavy (non-hydrogen) atoms. The van der Waals surface area contributed by atoms with Gasteiger partial charge in [0.2, 0.25) is 0 Å². The van der Waals surface area contributed by atoms with Crippen molar-refractivity contribution < 1.29 is 4.79 Å². The van der Waals surface area contributed by atoms with E-state index in [1.165, 1.54) is 0 Å². The molecule has 0 spiro atoms. The molecule has 2 aromatic rings. The Morgan fingerprint density at radius 2 is 2.10 bits per heavy atom. The lowest BCUT2D eigenvalue weighted by atomic mass is 9.76. The Kier molecular flexibility index (Phi) is 3.35. The minimum atomic E-state index is -0.0257. The lowest BCUT2D eigenvalue weighted by molar-refractivity contribution is 0.0910. The average molecular weight is 284 g/mol. The van der Waals surface area contributed by atoms with Crippen LogP contribution in [0.5, 0.6) is 0 Å². The first-order valence-electron chi connectivity index (χ1n) is 7.40. The molecule has 1 aliphatic carbocycles. The minimum absolute atomic E-state index is 0.0257. The first-order valence-corrected chi connectivity index (χ1v) is 7.40. The maximum absolute atomic E-state index is 12.1. The van der Waals surface area contributed by atoms with Crippen LogP contribution in [0, 0.1) is 5.41 Å². The van der Waals surface area contributed by atoms with E-state index in [1.807, 2.05) is 10.9 Å². The molecule has 0 saturated heterocycles. The summed E-state index contributed by atoms with van der Waals surface area (Å²) in [6.07, 6.45) is 7.83. The van der Waals surface area contributed by atoms with Crippen molar-refractivity contribution in [3.63, 3.8) is 0 Å². The molecule has 0 N–H and O–H groups in total. The van der Waals surface area contributed by atoms with Crippen LogP contribution in [0.4, 0.5) is 0 Å². The van der Waals surface area contributed by atoms with Gasteiger partial charge >= 0.3 is 0 Å². The SMILES string of the molecule is CCCn1cc(-c2ncc3c(n2)CC(C)(C)CC3=O)cn1. The third kappa shape index (κ3) is 2.73. The quantitative estimate of drug-likeness (QED) is 0.869. The highest BCUT2D eigenvalue weighted by Gasteiger charge is 2.32. The van der Waals surface area contributed by atoms with Gasteiger partial charge < -0.3 is 0 Å². The zero-order chi connectivity index (χ0) is 15.0. The van der Waals surface area contributed by atoms with Gasteiger partial charge in [0.1, 0.15) is 0 Å². The van der Waals surface area contributed by atoms with Gasteiger partial charge in [-0.25, -0.2) is 9.97 Å². The Morgan fingerprint density at radius 3 is 2.86 bits per heavy atom. The van der Waals surface area contributed by atoms with Gasteiger partial charge in [0, 0.05) is 25.4 Å². The van der Waals surface area contributed by atoms with Crippen LogP contribution in [0.3, 0.4) is 0 Å². The highest BCUT2D eigenvalue weighted by molar-refractivity contribution is 5.98. The van der Waals surface area contributed by atoms with E-state index in [2.05, 4.69) is 35.8 Å². The number of carbonyl (C=O) groups excluding carboxylic acids is 1. The number of carbonyl (C=O) groups is 1. The van der Waals surface area contributed by atoms with E-state index in [0.717, 1.165) is 30.6 Å². The number of hydrogen-bond donors (Lipinski definition) is 0. The smallest absolute Gasteiger partial charge is 0.166 e. The van der Waals surface area contributed by atoms with Crippen molar-refractivity contribution in [1.82, 2.24) is 19.7 Å². The maximum Gasteiger partial charge on any atom is 0.166 e. The number of hydrogen-bond acceptors (Lipinski definition) is 4. The molecule has 0 fully saturated rings. The second kappa shape index (κ2) is 5.06. The molecule has 3 rings (SSSR count). The van der Waals surface area contributed by atoms with E-state index in [4.69, 9.17) is 0 Å². The van der Waals surface area contributed by atoms with Crippen LogP contribution in [0.25, 0.3) is 11.4 Å². The summed E-state index contributed by atoms with van der Waals surface area (Å²) in [5.74, 6) is 0.802. The highest BCUT2D eigenvalue weighted by Crippen LogP contribution is 2.34. The molecule has 0 aromatic carbocycles. The molecule has 0 saturated carbocycles. The van der Waals surface area contributed by atoms with Gasteiger partial charge in [-0.2, -0.15) is 5.10 Å². The van der Waals surface area contributed by atoms with Crippen molar-refractivity contribution in [2.75, 3.05) is 0 Å². The van der Waals surface area contributed by atoms with E-state index in [9.17, 15) is 4.79 Å². The van der Waals surface area contributed by atoms with Gasteiger partial charge in [-0.3, -0.25) is 9.48 Å². The lowest BCUT2D eigenvalue weighted by Gasteiger charge is -2.29. The monoisotopic (exact) mass is 284 g/mol. The molecular formula is C16H20N4O. The van der Waals surface area contributed by atoms with Crippen LogP contribution in [-0.4, -0.2) is 25.5 Å². The fraction of sp³-hybridized carbons (Fsp3) is 0.500. The second-order valence-corrected chi connectivity index (χ2v) is 6.49. The number of Topliss-reactive ketones (excluding diaryl/α,β-unsaturated/α-hetero) is 1. The molecule has 5 heteroatoms. The van der Waals surface area contributed by atoms with Gasteiger partial charge in [-0.1, -0.05) is 20.8 Å². The van der Waals surface area contributed by atoms with Crippen LogP contribution in [0.15, 0.2) is 18.6 Å². The van der Waals surface area contributed by atoms with Crippen molar-refractivity contribution in [2.45, 2.75) is 46.6 Å². The van der Waals surface area contributed by atoms with Gasteiger partial charge in [-0.05, 0) is 18.3 Å². The predicted molar refractivity (Wildman–Crippen MR) is 80.0 cm³/mol. The van der Waals surface area contributed by atoms with Crippen molar-refractivity contribution in [2.24, 2.45) is 5.41 Å². The average Bonchev–Trinajstić information content (AvgIpc) is 2.85. The van der Waals surface area contributed by atoms with Crippen LogP contribution in [-0.2, 0) is 13.0 Å². The minimum Gasteiger partial charge on any atom is -0.294 e. The first-order chi connectivity index (χ1) is 9.98. The molecule has 0 aliphatic heterocycles. The summed E-state index contributed by atoms with van der Waals surface area (Å²) in [7, 11) is 0. The predicted octanol–water partition coefficient (Wildman–Crippen LogP) is 2.91. The number of nitrogens with zero attached hydrogens (tertiary/aromatic N) is 4. The summed E-state index contributed by atoms with van der Waals surface area (Å²) in [6, 6.07) is 0. The number of aromatic nitrogens is 4. The summed E-state index contributed by atoms with van der Waals surface area (Å²) < 4.78 is 1.90. The van der Waals surface area contributed by atoms with E-state index < -0.39 is 0 Å². The molecular weight excluding hydrogens is 264 g/mol. The van der Waals surface area contributed by atoms with Gasteiger partial charge in [0.05, 0.1) is 23.0 Å². The van der Waals surface area contributed by atoms with Gasteiger partial charge in [0.25, 0.3) is 0 Å². The number of ketones is 1. The van der Waals surface area contributed by atoms with Gasteiger partial charge in [0.15, 0.2) is 11.6 Å². The molecule has 0 atom stereocenters. The Labute approximate surface area is 124 Å². The molecule has 1 aliphatic rings. The van der Waals surface area contributed by atoms with Crippen molar-refractivity contribution in [1.29, 1.82) is 0 Å². The first kappa shape index (κ1) is 13.9. The standard InChI is InChI=1S/C16H20N4O/c1-4-5-20-10-11(8-18-20)15-17-9-12-13(19-15)6-16(2,3)7-14(12)21/h8-10H,4-7H2,1-3H3. The Bertz CT molecular complexity index is 687. The zero-order valence-electron chi connectivity index (χ0n) is 12.8. The van der Waals surface area contributed by atoms with Crippen LogP contribution < -0.4 is 0 Å². The Balaban J connectivity index is 1.97. The topological polar surface area (TPSA) is 60.7 Å². The third-order valence-electron chi connectivity index (χ3n) is 3.80. The summed E-state index contributed by atoms with van der Waals surface area (Å²) >= 11 is 0. The number of aryl methyl sites for hydroxylation is 1. The Hall–Kier alpha value is -2.04. The van der Waals surface area contributed by atoms with Crippen LogP contribution in [0.2, 0.25) is 0 Å². The third-order valence-corrected chi connectivity index (χ3v) is 3.80. The van der Waals surface area contributed by atoms with Crippen molar-refractivity contribution in [3.8, 4) is 11.4 Å². The molecule has 5 nitrogen and oxygen atoms in total. The second-order valence-electron chi connectivity index (χ2n) is 6.49. The van der Waals surface area contributed by atoms with Crippen molar-refractivity contribution >= 4 is 5.78 Å². The van der Waals surface area contributed by atoms with E-state index in [1.54, 1.807) is 12.4 Å². The largest absolute Gasteiger partial charge is 0.294 e. The molecule has 2 heterocycles. The molecule has 0 amide bonds. The molecule has 110 valence electrons. The summed E-state index contributed by atoms with van der Waals surface area (Å²) in [6.45, 7) is 7.21. The van der Waals surface area contributed by atoms with Crippen molar-refractivity contribution in [3.05, 3.63) is 29.8 Å². The Morgan fingerprint density at radius 1 is 1.29 bits per heavy atom. The molecule has 0 radical (unpaired) electrons. The summed E-state index contributed by atoms with van der Waals surface area (Å²) in [5.41, 5.74) is 2.42. The lowest BCUT2D eigenvalue weighted by Crippen LogP contribution is -2.28. The fourth-order valence-corrected chi connectivity index (χ4v) is 2.80. The maximum atomic E-state index is 12.1. The zero-order valence-corrected chi connectivity index (χ0v) is 12.8.